The summed E-state index contributed by atoms with van der Waals surface area (Å²) >= 11 is 0. The summed E-state index contributed by atoms with van der Waals surface area (Å²) in [6.45, 7) is 6.60. The van der Waals surface area contributed by atoms with Crippen molar-refractivity contribution in [1.29, 1.82) is 0 Å². The molecule has 0 fully saturated rings. The predicted octanol–water partition coefficient (Wildman–Crippen LogP) is 2.79. The highest BCUT2D eigenvalue weighted by molar-refractivity contribution is 7.89. The molecule has 4 heteroatoms. The highest BCUT2D eigenvalue weighted by Crippen LogP contribution is 2.25. The van der Waals surface area contributed by atoms with E-state index in [1.165, 1.54) is 0 Å². The van der Waals surface area contributed by atoms with E-state index in [2.05, 4.69) is 18.2 Å². The van der Waals surface area contributed by atoms with Crippen molar-refractivity contribution in [3.63, 3.8) is 0 Å². The van der Waals surface area contributed by atoms with E-state index in [9.17, 15) is 4.21 Å². The van der Waals surface area contributed by atoms with Crippen molar-refractivity contribution >= 4 is 10.0 Å². The van der Waals surface area contributed by atoms with Gasteiger partial charge in [-0.15, -0.1) is 0 Å². The van der Waals surface area contributed by atoms with Crippen molar-refractivity contribution in [3.05, 3.63) is 29.8 Å². The average molecular weight is 239 g/mol. The van der Waals surface area contributed by atoms with Crippen LogP contribution < -0.4 is 0 Å². The third kappa shape index (κ3) is 2.13. The third-order valence-corrected chi connectivity index (χ3v) is 4.63. The van der Waals surface area contributed by atoms with Gasteiger partial charge >= 0.3 is 0 Å². The second-order valence-electron chi connectivity index (χ2n) is 4.49. The zero-order chi connectivity index (χ0) is 11.8. The molecule has 0 amide bonds. The fraction of sp³-hybridized carbons (Fsp3) is 0.500. The van der Waals surface area contributed by atoms with Gasteiger partial charge in [-0.3, -0.25) is 4.18 Å². The van der Waals surface area contributed by atoms with Crippen LogP contribution in [0, 0.1) is 12.8 Å². The van der Waals surface area contributed by atoms with E-state index in [4.69, 9.17) is 4.18 Å². The molecular weight excluding hydrogens is 222 g/mol. The molecule has 88 valence electrons. The first-order valence-corrected chi connectivity index (χ1v) is 6.92. The Morgan fingerprint density at radius 1 is 1.38 bits per heavy atom. The molecule has 0 unspecified atom stereocenters. The minimum atomic E-state index is -2.62. The van der Waals surface area contributed by atoms with Crippen LogP contribution in [0.2, 0.25) is 0 Å². The predicted molar refractivity (Wildman–Crippen MR) is 64.6 cm³/mol. The Bertz CT molecular complexity index is 484. The molecule has 16 heavy (non-hydrogen) atoms. The lowest BCUT2D eigenvalue weighted by atomic mass is 10.1. The molecule has 0 saturated heterocycles. The molecule has 0 radical (unpaired) electrons. The lowest BCUT2D eigenvalue weighted by Crippen LogP contribution is -2.13. The number of hydrogen-bond acceptors (Lipinski definition) is 3. The van der Waals surface area contributed by atoms with Crippen molar-refractivity contribution in [2.75, 3.05) is 6.61 Å². The number of rotatable bonds is 2. The molecule has 3 nitrogen and oxygen atoms in total. The Morgan fingerprint density at radius 3 is 2.50 bits per heavy atom. The lowest BCUT2D eigenvalue weighted by Gasteiger charge is -2.06. The fourth-order valence-electron chi connectivity index (χ4n) is 1.55. The summed E-state index contributed by atoms with van der Waals surface area (Å²) in [5.41, 5.74) is 1.14. The summed E-state index contributed by atoms with van der Waals surface area (Å²) in [5.74, 6) is 0.369. The van der Waals surface area contributed by atoms with Crippen LogP contribution in [0.25, 0.3) is 0 Å². The Morgan fingerprint density at radius 2 is 2.00 bits per heavy atom. The van der Waals surface area contributed by atoms with Crippen molar-refractivity contribution in [3.8, 4) is 0 Å². The molecule has 2 atom stereocenters. The molecular formula is C12H17NO2S. The Kier molecular flexibility index (Phi) is 3.04. The maximum absolute atomic E-state index is 12.4. The maximum Gasteiger partial charge on any atom is 0.193 e. The van der Waals surface area contributed by atoms with Gasteiger partial charge in [-0.25, -0.2) is 8.57 Å². The van der Waals surface area contributed by atoms with Gasteiger partial charge < -0.3 is 0 Å². The number of benzene rings is 1. The number of aryl methyl sites for hydroxylation is 1. The van der Waals surface area contributed by atoms with Crippen LogP contribution in [0.15, 0.2) is 33.5 Å². The molecule has 2 rings (SSSR count). The van der Waals surface area contributed by atoms with Crippen LogP contribution in [0.5, 0.6) is 0 Å². The van der Waals surface area contributed by atoms with Gasteiger partial charge in [0.2, 0.25) is 0 Å². The molecule has 0 bridgehead atoms. The number of nitrogens with zero attached hydrogens (tertiary/aromatic N) is 1. The zero-order valence-corrected chi connectivity index (χ0v) is 10.7. The van der Waals surface area contributed by atoms with E-state index in [1.54, 1.807) is 0 Å². The van der Waals surface area contributed by atoms with E-state index < -0.39 is 10.0 Å². The molecule has 1 aliphatic heterocycles. The minimum Gasteiger partial charge on any atom is -0.279 e. The Labute approximate surface area is 97.2 Å². The fourth-order valence-corrected chi connectivity index (χ4v) is 3.34. The summed E-state index contributed by atoms with van der Waals surface area (Å²) in [5, 5.41) is 0. The summed E-state index contributed by atoms with van der Waals surface area (Å²) in [6, 6.07) is 7.59. The van der Waals surface area contributed by atoms with E-state index in [1.807, 2.05) is 31.2 Å². The minimum absolute atomic E-state index is 0.0498. The summed E-state index contributed by atoms with van der Waals surface area (Å²) in [7, 11) is -2.62. The van der Waals surface area contributed by atoms with Gasteiger partial charge in [-0.2, -0.15) is 0 Å². The zero-order valence-electron chi connectivity index (χ0n) is 9.84. The van der Waals surface area contributed by atoms with Crippen LogP contribution in [-0.2, 0) is 14.2 Å². The molecule has 0 aromatic heterocycles. The van der Waals surface area contributed by atoms with Crippen LogP contribution in [0.4, 0.5) is 0 Å². The van der Waals surface area contributed by atoms with Crippen LogP contribution in [0.3, 0.4) is 0 Å². The van der Waals surface area contributed by atoms with Crippen molar-refractivity contribution in [2.24, 2.45) is 10.3 Å². The largest absolute Gasteiger partial charge is 0.279 e. The summed E-state index contributed by atoms with van der Waals surface area (Å²) in [6.07, 6.45) is 0. The average Bonchev–Trinajstić information content (AvgIpc) is 2.63. The Hall–Kier alpha value is -0.870. The molecule has 1 aromatic rings. The van der Waals surface area contributed by atoms with Crippen molar-refractivity contribution in [2.45, 2.75) is 31.7 Å². The molecule has 0 N–H and O–H groups in total. The SMILES string of the molecule is Cc1ccc([S@@]2(=O)=N[C@@H](C(C)C)CO2)cc1. The number of hydrogen-bond donors (Lipinski definition) is 0. The second kappa shape index (κ2) is 4.18. The first-order chi connectivity index (χ1) is 7.51. The summed E-state index contributed by atoms with van der Waals surface area (Å²) < 4.78 is 22.2. The molecule has 0 spiro atoms. The first-order valence-electron chi connectivity index (χ1n) is 5.48. The molecule has 0 aliphatic carbocycles. The van der Waals surface area contributed by atoms with E-state index in [0.717, 1.165) is 5.56 Å². The highest BCUT2D eigenvalue weighted by atomic mass is 32.2. The normalized spacial score (nSPS) is 29.4. The Balaban J connectivity index is 2.37. The van der Waals surface area contributed by atoms with Gasteiger partial charge in [0.1, 0.15) is 0 Å². The van der Waals surface area contributed by atoms with E-state index >= 15 is 0 Å². The van der Waals surface area contributed by atoms with Crippen molar-refractivity contribution < 1.29 is 8.39 Å². The molecule has 1 heterocycles. The smallest absolute Gasteiger partial charge is 0.193 e. The van der Waals surface area contributed by atoms with Crippen LogP contribution in [-0.4, -0.2) is 16.9 Å². The van der Waals surface area contributed by atoms with Gasteiger partial charge in [0.15, 0.2) is 10.0 Å². The second-order valence-corrected chi connectivity index (χ2v) is 6.36. The van der Waals surface area contributed by atoms with Gasteiger partial charge in [0.05, 0.1) is 17.5 Å². The monoisotopic (exact) mass is 239 g/mol. The molecule has 1 aromatic carbocycles. The molecule has 0 saturated carbocycles. The lowest BCUT2D eigenvalue weighted by molar-refractivity contribution is 0.312. The van der Waals surface area contributed by atoms with Crippen LogP contribution >= 0.6 is 0 Å². The maximum atomic E-state index is 12.4. The van der Waals surface area contributed by atoms with Crippen molar-refractivity contribution in [1.82, 2.24) is 0 Å². The standard InChI is InChI=1S/C12H17NO2S/c1-9(2)12-8-15-16(14,13-12)11-6-4-10(3)5-7-11/h4-7,9,12H,8H2,1-3H3/t12-,16+/m1/s1. The van der Waals surface area contributed by atoms with Crippen LogP contribution in [0.1, 0.15) is 19.4 Å². The summed E-state index contributed by atoms with van der Waals surface area (Å²) in [4.78, 5) is 0.682. The highest BCUT2D eigenvalue weighted by Gasteiger charge is 2.27. The van der Waals surface area contributed by atoms with Gasteiger partial charge in [-0.1, -0.05) is 31.5 Å². The third-order valence-electron chi connectivity index (χ3n) is 2.76. The van der Waals surface area contributed by atoms with E-state index in [0.29, 0.717) is 17.4 Å². The van der Waals surface area contributed by atoms with Gasteiger partial charge in [0, 0.05) is 0 Å². The van der Waals surface area contributed by atoms with E-state index in [-0.39, 0.29) is 6.04 Å². The van der Waals surface area contributed by atoms with Gasteiger partial charge in [0.25, 0.3) is 0 Å². The quantitative estimate of drug-likeness (QED) is 0.796. The van der Waals surface area contributed by atoms with Gasteiger partial charge in [-0.05, 0) is 25.0 Å². The first kappa shape index (κ1) is 11.6. The molecule has 1 aliphatic rings. The topological polar surface area (TPSA) is 38.7 Å².